The quantitative estimate of drug-likeness (QED) is 0.426. The Morgan fingerprint density at radius 1 is 1.25 bits per heavy atom. The lowest BCUT2D eigenvalue weighted by Crippen LogP contribution is -2.49. The van der Waals surface area contributed by atoms with Crippen LogP contribution in [0.15, 0.2) is 41.4 Å². The van der Waals surface area contributed by atoms with Crippen molar-refractivity contribution in [2.24, 2.45) is 0 Å². The van der Waals surface area contributed by atoms with E-state index in [0.717, 1.165) is 17.4 Å². The summed E-state index contributed by atoms with van der Waals surface area (Å²) in [6.07, 6.45) is 5.69. The van der Waals surface area contributed by atoms with Crippen LogP contribution in [-0.4, -0.2) is 62.5 Å². The number of hydrogen-bond acceptors (Lipinski definition) is 7. The zero-order valence-corrected chi connectivity index (χ0v) is 21.7. The Morgan fingerprint density at radius 2 is 2.03 bits per heavy atom. The minimum absolute atomic E-state index is 0.182. The summed E-state index contributed by atoms with van der Waals surface area (Å²) in [5, 5.41) is 16.0. The number of nitrogens with one attached hydrogen (secondary N) is 2. The third-order valence-electron chi connectivity index (χ3n) is 5.58. The van der Waals surface area contributed by atoms with Gasteiger partial charge in [-0.3, -0.25) is 9.78 Å². The molecular weight excluding hydrogens is 532 g/mol. The molecule has 1 aliphatic rings. The highest BCUT2D eigenvalue weighted by atomic mass is 79.9. The highest BCUT2D eigenvalue weighted by molar-refractivity contribution is 9.10. The van der Waals surface area contributed by atoms with Gasteiger partial charge in [0.05, 0.1) is 26.8 Å². The lowest BCUT2D eigenvalue weighted by Gasteiger charge is -2.36. The number of pyridine rings is 2. The van der Waals surface area contributed by atoms with Crippen molar-refractivity contribution in [1.29, 1.82) is 0 Å². The molecule has 0 spiro atoms. The van der Waals surface area contributed by atoms with Crippen molar-refractivity contribution >= 4 is 56.4 Å². The number of alkyl carbamates (subject to hydrolysis) is 1. The Kier molecular flexibility index (Phi) is 7.16. The fourth-order valence-corrected chi connectivity index (χ4v) is 4.72. The average molecular weight is 559 g/mol. The molecule has 1 unspecified atom stereocenters. The van der Waals surface area contributed by atoms with Gasteiger partial charge in [-0.15, -0.1) is 0 Å². The fourth-order valence-electron chi connectivity index (χ4n) is 4.17. The lowest BCUT2D eigenvalue weighted by atomic mass is 10.0. The number of amides is 2. The van der Waals surface area contributed by atoms with Crippen LogP contribution in [0.4, 0.5) is 21.0 Å². The molecule has 2 amide bonds. The second-order valence-electron chi connectivity index (χ2n) is 9.48. The van der Waals surface area contributed by atoms with Gasteiger partial charge in [-0.1, -0.05) is 0 Å². The standard InChI is InChI=1S/C24H27BrN6O5/c1-24(2,3)36-22(33)28-15-7-5-9-30(12-15)19-16(25)11-27-20-18(19)17(13-31(20)23(34)35)29-21(32)14-6-4-8-26-10-14/h4,6,8,10-11,13,15H,5,7,9,12H2,1-3H3,(H,28,33)(H,29,32)(H,34,35). The molecule has 36 heavy (non-hydrogen) atoms. The van der Waals surface area contributed by atoms with Crippen molar-refractivity contribution in [3.05, 3.63) is 47.0 Å². The molecule has 0 bridgehead atoms. The summed E-state index contributed by atoms with van der Waals surface area (Å²) in [5.41, 5.74) is 0.881. The van der Waals surface area contributed by atoms with Crippen molar-refractivity contribution in [2.75, 3.05) is 23.3 Å². The molecule has 4 heterocycles. The molecule has 0 aromatic carbocycles. The monoisotopic (exact) mass is 558 g/mol. The lowest BCUT2D eigenvalue weighted by molar-refractivity contribution is 0.0499. The third kappa shape index (κ3) is 5.59. The Hall–Kier alpha value is -3.67. The molecule has 1 saturated heterocycles. The number of carbonyl (C=O) groups is 3. The molecule has 3 N–H and O–H groups in total. The first kappa shape index (κ1) is 25.4. The molecular formula is C24H27BrN6O5. The van der Waals surface area contributed by atoms with Gasteiger partial charge >= 0.3 is 12.2 Å². The minimum atomic E-state index is -1.23. The predicted octanol–water partition coefficient (Wildman–Crippen LogP) is 4.47. The van der Waals surface area contributed by atoms with Crippen LogP contribution in [0.25, 0.3) is 11.0 Å². The first-order chi connectivity index (χ1) is 17.0. The zero-order valence-electron chi connectivity index (χ0n) is 20.1. The first-order valence-electron chi connectivity index (χ1n) is 11.4. The van der Waals surface area contributed by atoms with Gasteiger partial charge < -0.3 is 25.4 Å². The van der Waals surface area contributed by atoms with Gasteiger partial charge in [-0.2, -0.15) is 0 Å². The van der Waals surface area contributed by atoms with E-state index in [-0.39, 0.29) is 11.7 Å². The maximum atomic E-state index is 12.9. The van der Waals surface area contributed by atoms with Crippen LogP contribution in [0.5, 0.6) is 0 Å². The summed E-state index contributed by atoms with van der Waals surface area (Å²) >= 11 is 3.56. The van der Waals surface area contributed by atoms with E-state index in [1.807, 2.05) is 4.90 Å². The predicted molar refractivity (Wildman–Crippen MR) is 138 cm³/mol. The number of piperidine rings is 1. The number of halogens is 1. The van der Waals surface area contributed by atoms with Gasteiger partial charge in [0, 0.05) is 43.9 Å². The maximum absolute atomic E-state index is 12.9. The molecule has 3 aromatic rings. The van der Waals surface area contributed by atoms with Gasteiger partial charge in [-0.25, -0.2) is 19.1 Å². The fraction of sp³-hybridized carbons (Fsp3) is 0.375. The number of fused-ring (bicyclic) bond motifs is 1. The zero-order chi connectivity index (χ0) is 26.0. The number of carboxylic acid groups (broad SMARTS) is 1. The molecule has 190 valence electrons. The molecule has 12 heteroatoms. The van der Waals surface area contributed by atoms with Crippen LogP contribution in [-0.2, 0) is 4.74 Å². The highest BCUT2D eigenvalue weighted by Gasteiger charge is 2.29. The van der Waals surface area contributed by atoms with Gasteiger partial charge in [0.2, 0.25) is 0 Å². The Bertz CT molecular complexity index is 1300. The van der Waals surface area contributed by atoms with E-state index in [1.165, 1.54) is 18.6 Å². The molecule has 1 atom stereocenters. The number of rotatable bonds is 4. The molecule has 1 fully saturated rings. The molecule has 0 radical (unpaired) electrons. The van der Waals surface area contributed by atoms with E-state index in [2.05, 4.69) is 36.5 Å². The molecule has 11 nitrogen and oxygen atoms in total. The summed E-state index contributed by atoms with van der Waals surface area (Å²) in [7, 11) is 0. The van der Waals surface area contributed by atoms with Crippen molar-refractivity contribution in [1.82, 2.24) is 19.9 Å². The molecule has 1 aliphatic heterocycles. The summed E-state index contributed by atoms with van der Waals surface area (Å²) < 4.78 is 7.01. The van der Waals surface area contributed by atoms with E-state index in [4.69, 9.17) is 4.74 Å². The largest absolute Gasteiger partial charge is 0.464 e. The van der Waals surface area contributed by atoms with Crippen molar-refractivity contribution in [3.63, 3.8) is 0 Å². The van der Waals surface area contributed by atoms with Gasteiger partial charge in [0.15, 0.2) is 5.65 Å². The molecule has 0 saturated carbocycles. The minimum Gasteiger partial charge on any atom is -0.464 e. The molecule has 3 aromatic heterocycles. The van der Waals surface area contributed by atoms with Crippen LogP contribution in [0.3, 0.4) is 0 Å². The SMILES string of the molecule is CC(C)(C)OC(=O)NC1CCCN(c2c(Br)cnc3c2c(NC(=O)c2cccnc2)cn3C(=O)O)C1. The molecule has 4 rings (SSSR count). The van der Waals surface area contributed by atoms with Crippen LogP contribution < -0.4 is 15.5 Å². The van der Waals surface area contributed by atoms with E-state index in [9.17, 15) is 19.5 Å². The van der Waals surface area contributed by atoms with E-state index in [0.29, 0.717) is 39.9 Å². The Labute approximate surface area is 216 Å². The second kappa shape index (κ2) is 10.1. The van der Waals surface area contributed by atoms with E-state index < -0.39 is 23.7 Å². The van der Waals surface area contributed by atoms with Crippen molar-refractivity contribution in [3.8, 4) is 0 Å². The highest BCUT2D eigenvalue weighted by Crippen LogP contribution is 2.40. The number of ether oxygens (including phenoxy) is 1. The van der Waals surface area contributed by atoms with Gasteiger partial charge in [-0.05, 0) is 61.7 Å². The van der Waals surface area contributed by atoms with Crippen LogP contribution >= 0.6 is 15.9 Å². The van der Waals surface area contributed by atoms with Crippen LogP contribution in [0.2, 0.25) is 0 Å². The summed E-state index contributed by atoms with van der Waals surface area (Å²) in [4.78, 5) is 47.5. The van der Waals surface area contributed by atoms with Crippen LogP contribution in [0, 0.1) is 0 Å². The molecule has 0 aliphatic carbocycles. The maximum Gasteiger partial charge on any atom is 0.417 e. The topological polar surface area (TPSA) is 139 Å². The van der Waals surface area contributed by atoms with Gasteiger partial charge in [0.1, 0.15) is 5.60 Å². The van der Waals surface area contributed by atoms with Crippen molar-refractivity contribution < 1.29 is 24.2 Å². The van der Waals surface area contributed by atoms with Gasteiger partial charge in [0.25, 0.3) is 5.91 Å². The summed E-state index contributed by atoms with van der Waals surface area (Å²) in [6.45, 7) is 6.54. The Balaban J connectivity index is 1.70. The second-order valence-corrected chi connectivity index (χ2v) is 10.3. The smallest absolute Gasteiger partial charge is 0.417 e. The number of hydrogen-bond donors (Lipinski definition) is 3. The number of nitrogens with zero attached hydrogens (tertiary/aromatic N) is 4. The first-order valence-corrected chi connectivity index (χ1v) is 12.2. The third-order valence-corrected chi connectivity index (χ3v) is 6.16. The van der Waals surface area contributed by atoms with E-state index >= 15 is 0 Å². The van der Waals surface area contributed by atoms with E-state index in [1.54, 1.807) is 39.1 Å². The summed E-state index contributed by atoms with van der Waals surface area (Å²) in [6, 6.07) is 3.08. The Morgan fingerprint density at radius 3 is 2.69 bits per heavy atom. The summed E-state index contributed by atoms with van der Waals surface area (Å²) in [5.74, 6) is -0.429. The van der Waals surface area contributed by atoms with Crippen LogP contribution in [0.1, 0.15) is 44.0 Å². The average Bonchev–Trinajstić information content (AvgIpc) is 3.17. The normalized spacial score (nSPS) is 16.0. The number of carbonyl (C=O) groups excluding carboxylic acids is 2. The number of anilines is 2. The number of aromatic nitrogens is 3. The van der Waals surface area contributed by atoms with Crippen molar-refractivity contribution in [2.45, 2.75) is 45.3 Å².